The molecule has 0 spiro atoms. The summed E-state index contributed by atoms with van der Waals surface area (Å²) in [6.45, 7) is 5.92. The third-order valence-corrected chi connectivity index (χ3v) is 3.80. The van der Waals surface area contributed by atoms with Crippen molar-refractivity contribution in [3.8, 4) is 5.75 Å². The van der Waals surface area contributed by atoms with Crippen LogP contribution in [0.25, 0.3) is 0 Å². The van der Waals surface area contributed by atoms with Crippen LogP contribution < -0.4 is 15.4 Å². The van der Waals surface area contributed by atoms with Gasteiger partial charge in [0.05, 0.1) is 7.11 Å². The topological polar surface area (TPSA) is 59.1 Å². The lowest BCUT2D eigenvalue weighted by molar-refractivity contribution is 0.414. The van der Waals surface area contributed by atoms with Gasteiger partial charge in [-0.05, 0) is 37.5 Å². The van der Waals surface area contributed by atoms with Gasteiger partial charge in [0.25, 0.3) is 0 Å². The Morgan fingerprint density at radius 1 is 0.958 bits per heavy atom. The van der Waals surface area contributed by atoms with Crippen molar-refractivity contribution < 1.29 is 4.74 Å². The predicted octanol–water partition coefficient (Wildman–Crippen LogP) is 4.05. The minimum absolute atomic E-state index is 0.780. The van der Waals surface area contributed by atoms with E-state index in [2.05, 4.69) is 39.7 Å². The van der Waals surface area contributed by atoms with Gasteiger partial charge in [-0.2, -0.15) is 0 Å². The first kappa shape index (κ1) is 18.0. The normalized spacial score (nSPS) is 10.5. The number of benzene rings is 1. The first-order valence-electron chi connectivity index (χ1n) is 8.67. The van der Waals surface area contributed by atoms with Crippen molar-refractivity contribution in [1.82, 2.24) is 9.97 Å². The van der Waals surface area contributed by atoms with Crippen LogP contribution in [0.3, 0.4) is 0 Å². The fourth-order valence-electron chi connectivity index (χ4n) is 2.47. The zero-order chi connectivity index (χ0) is 17.2. The molecule has 5 heteroatoms. The Morgan fingerprint density at radius 2 is 1.62 bits per heavy atom. The number of nitrogens with zero attached hydrogens (tertiary/aromatic N) is 2. The molecule has 0 fully saturated rings. The molecule has 2 rings (SSSR count). The molecule has 1 aromatic carbocycles. The molecule has 2 N–H and O–H groups in total. The summed E-state index contributed by atoms with van der Waals surface area (Å²) in [6, 6.07) is 10.1. The third kappa shape index (κ3) is 6.07. The number of rotatable bonds is 10. The number of nitrogens with one attached hydrogen (secondary N) is 2. The number of aryl methyl sites for hydroxylation is 1. The van der Waals surface area contributed by atoms with Crippen LogP contribution >= 0.6 is 0 Å². The van der Waals surface area contributed by atoms with Crippen LogP contribution in [0.15, 0.2) is 30.3 Å². The summed E-state index contributed by atoms with van der Waals surface area (Å²) in [5.41, 5.74) is 1.27. The van der Waals surface area contributed by atoms with Crippen LogP contribution in [-0.4, -0.2) is 30.2 Å². The van der Waals surface area contributed by atoms with Gasteiger partial charge in [-0.15, -0.1) is 0 Å². The fourth-order valence-corrected chi connectivity index (χ4v) is 2.47. The molecule has 2 aromatic rings. The van der Waals surface area contributed by atoms with E-state index in [1.54, 1.807) is 7.11 Å². The van der Waals surface area contributed by atoms with Gasteiger partial charge in [0.15, 0.2) is 0 Å². The summed E-state index contributed by atoms with van der Waals surface area (Å²) in [5, 5.41) is 6.76. The maximum Gasteiger partial charge on any atom is 0.131 e. The van der Waals surface area contributed by atoms with Gasteiger partial charge in [-0.1, -0.05) is 31.9 Å². The third-order valence-electron chi connectivity index (χ3n) is 3.80. The Balaban J connectivity index is 1.83. The Morgan fingerprint density at radius 3 is 2.25 bits per heavy atom. The molecule has 0 aliphatic heterocycles. The molecule has 0 radical (unpaired) electrons. The zero-order valence-corrected chi connectivity index (χ0v) is 14.9. The SMILES string of the molecule is CCCCCNc1cc(NCCc2ccc(OC)cc2)nc(C)n1. The van der Waals surface area contributed by atoms with Gasteiger partial charge in [0.1, 0.15) is 23.2 Å². The van der Waals surface area contributed by atoms with Gasteiger partial charge in [-0.25, -0.2) is 9.97 Å². The van der Waals surface area contributed by atoms with E-state index in [0.29, 0.717) is 0 Å². The summed E-state index contributed by atoms with van der Waals surface area (Å²) in [5.74, 6) is 3.43. The molecule has 0 saturated carbocycles. The number of anilines is 2. The van der Waals surface area contributed by atoms with Gasteiger partial charge >= 0.3 is 0 Å². The Labute approximate surface area is 144 Å². The van der Waals surface area contributed by atoms with Crippen molar-refractivity contribution in [3.63, 3.8) is 0 Å². The van der Waals surface area contributed by atoms with Crippen LogP contribution in [0.5, 0.6) is 5.75 Å². The van der Waals surface area contributed by atoms with Crippen LogP contribution in [0, 0.1) is 6.92 Å². The second-order valence-corrected chi connectivity index (χ2v) is 5.84. The average Bonchev–Trinajstić information content (AvgIpc) is 2.59. The maximum atomic E-state index is 5.18. The van der Waals surface area contributed by atoms with E-state index in [-0.39, 0.29) is 0 Å². The molecule has 0 saturated heterocycles. The number of hydrogen-bond donors (Lipinski definition) is 2. The highest BCUT2D eigenvalue weighted by atomic mass is 16.5. The molecule has 0 bridgehead atoms. The predicted molar refractivity (Wildman–Crippen MR) is 100.0 cm³/mol. The van der Waals surface area contributed by atoms with Gasteiger partial charge in [0.2, 0.25) is 0 Å². The van der Waals surface area contributed by atoms with Crippen LogP contribution in [0.4, 0.5) is 11.6 Å². The van der Waals surface area contributed by atoms with Crippen molar-refractivity contribution in [2.75, 3.05) is 30.8 Å². The van der Waals surface area contributed by atoms with Gasteiger partial charge in [0, 0.05) is 19.2 Å². The highest BCUT2D eigenvalue weighted by Gasteiger charge is 2.02. The van der Waals surface area contributed by atoms with Crippen molar-refractivity contribution in [2.24, 2.45) is 0 Å². The van der Waals surface area contributed by atoms with Gasteiger partial charge in [-0.3, -0.25) is 0 Å². The van der Waals surface area contributed by atoms with E-state index >= 15 is 0 Å². The molecule has 0 aliphatic carbocycles. The van der Waals surface area contributed by atoms with E-state index in [9.17, 15) is 0 Å². The van der Waals surface area contributed by atoms with Crippen molar-refractivity contribution >= 4 is 11.6 Å². The lowest BCUT2D eigenvalue weighted by Gasteiger charge is -2.10. The first-order chi connectivity index (χ1) is 11.7. The maximum absolute atomic E-state index is 5.18. The minimum Gasteiger partial charge on any atom is -0.497 e. The molecule has 0 aliphatic rings. The Hall–Kier alpha value is -2.30. The van der Waals surface area contributed by atoms with Crippen molar-refractivity contribution in [1.29, 1.82) is 0 Å². The molecule has 130 valence electrons. The van der Waals surface area contributed by atoms with E-state index in [1.807, 2.05) is 25.1 Å². The quantitative estimate of drug-likeness (QED) is 0.644. The Bertz CT molecular complexity index is 613. The number of ether oxygens (including phenoxy) is 1. The molecular formula is C19H28N4O. The monoisotopic (exact) mass is 328 g/mol. The average molecular weight is 328 g/mol. The minimum atomic E-state index is 0.780. The number of unbranched alkanes of at least 4 members (excludes halogenated alkanes) is 2. The molecule has 0 atom stereocenters. The molecular weight excluding hydrogens is 300 g/mol. The number of hydrogen-bond acceptors (Lipinski definition) is 5. The second-order valence-electron chi connectivity index (χ2n) is 5.84. The summed E-state index contributed by atoms with van der Waals surface area (Å²) in [4.78, 5) is 8.90. The smallest absolute Gasteiger partial charge is 0.131 e. The summed E-state index contributed by atoms with van der Waals surface area (Å²) in [6.07, 6.45) is 4.57. The van der Waals surface area contributed by atoms with E-state index in [4.69, 9.17) is 4.74 Å². The number of methoxy groups -OCH3 is 1. The summed E-state index contributed by atoms with van der Waals surface area (Å²) >= 11 is 0. The highest BCUT2D eigenvalue weighted by molar-refractivity contribution is 5.47. The summed E-state index contributed by atoms with van der Waals surface area (Å²) < 4.78 is 5.18. The lowest BCUT2D eigenvalue weighted by Crippen LogP contribution is -2.10. The number of aromatic nitrogens is 2. The van der Waals surface area contributed by atoms with Crippen molar-refractivity contribution in [2.45, 2.75) is 39.5 Å². The molecule has 0 unspecified atom stereocenters. The fraction of sp³-hybridized carbons (Fsp3) is 0.474. The van der Waals surface area contributed by atoms with Gasteiger partial charge < -0.3 is 15.4 Å². The van der Waals surface area contributed by atoms with Crippen LogP contribution in [0.2, 0.25) is 0 Å². The summed E-state index contributed by atoms with van der Waals surface area (Å²) in [7, 11) is 1.68. The van der Waals surface area contributed by atoms with E-state index in [0.717, 1.165) is 42.7 Å². The van der Waals surface area contributed by atoms with E-state index < -0.39 is 0 Å². The molecule has 0 amide bonds. The zero-order valence-electron chi connectivity index (χ0n) is 14.9. The Kier molecular flexibility index (Phi) is 7.33. The molecule has 5 nitrogen and oxygen atoms in total. The lowest BCUT2D eigenvalue weighted by atomic mass is 10.1. The molecule has 1 aromatic heterocycles. The molecule has 1 heterocycles. The van der Waals surface area contributed by atoms with Crippen LogP contribution in [-0.2, 0) is 6.42 Å². The largest absolute Gasteiger partial charge is 0.497 e. The highest BCUT2D eigenvalue weighted by Crippen LogP contribution is 2.14. The first-order valence-corrected chi connectivity index (χ1v) is 8.67. The van der Waals surface area contributed by atoms with Crippen LogP contribution in [0.1, 0.15) is 37.6 Å². The van der Waals surface area contributed by atoms with Crippen molar-refractivity contribution in [3.05, 3.63) is 41.7 Å². The standard InChI is InChI=1S/C19H28N4O/c1-4-5-6-12-20-18-14-19(23-15(2)22-18)21-13-11-16-7-9-17(24-3)10-8-16/h7-10,14H,4-6,11-13H2,1-3H3,(H2,20,21,22,23). The second kappa shape index (κ2) is 9.75. The van der Waals surface area contributed by atoms with E-state index in [1.165, 1.54) is 24.8 Å². The molecule has 24 heavy (non-hydrogen) atoms.